The fourth-order valence-corrected chi connectivity index (χ4v) is 2.43. The molecule has 5 nitrogen and oxygen atoms in total. The number of carbonyl (C=O) groups excluding carboxylic acids is 1. The molecule has 100 valence electrons. The lowest BCUT2D eigenvalue weighted by Gasteiger charge is -2.23. The first-order valence-corrected chi connectivity index (χ1v) is 6.34. The molecule has 1 fully saturated rings. The van der Waals surface area contributed by atoms with Gasteiger partial charge in [-0.3, -0.25) is 4.79 Å². The van der Waals surface area contributed by atoms with Gasteiger partial charge >= 0.3 is 0 Å². The maximum atomic E-state index is 12.4. The van der Waals surface area contributed by atoms with E-state index >= 15 is 0 Å². The summed E-state index contributed by atoms with van der Waals surface area (Å²) in [7, 11) is 1.65. The van der Waals surface area contributed by atoms with Crippen LogP contribution in [-0.2, 0) is 11.3 Å². The fourth-order valence-electron chi connectivity index (χ4n) is 2.43. The molecule has 1 amide bonds. The molecule has 0 saturated carbocycles. The molecule has 1 saturated heterocycles. The molecule has 5 heteroatoms. The number of amides is 1. The summed E-state index contributed by atoms with van der Waals surface area (Å²) in [6, 6.07) is 3.67. The zero-order valence-corrected chi connectivity index (χ0v) is 10.7. The van der Waals surface area contributed by atoms with Gasteiger partial charge in [0.15, 0.2) is 0 Å². The third-order valence-corrected chi connectivity index (χ3v) is 3.43. The van der Waals surface area contributed by atoms with Crippen LogP contribution in [0.15, 0.2) is 18.3 Å². The van der Waals surface area contributed by atoms with Gasteiger partial charge in [0.05, 0.1) is 19.3 Å². The summed E-state index contributed by atoms with van der Waals surface area (Å²) in [5, 5.41) is 9.27. The summed E-state index contributed by atoms with van der Waals surface area (Å²) >= 11 is 0. The Morgan fingerprint density at radius 1 is 1.61 bits per heavy atom. The molecule has 18 heavy (non-hydrogen) atoms. The second-order valence-electron chi connectivity index (χ2n) is 4.56. The minimum absolute atomic E-state index is 0.00709. The molecular weight excluding hydrogens is 232 g/mol. The summed E-state index contributed by atoms with van der Waals surface area (Å²) in [6.07, 6.45) is 3.74. The van der Waals surface area contributed by atoms with Crippen molar-refractivity contribution in [2.75, 3.05) is 26.9 Å². The number of aromatic nitrogens is 1. The smallest absolute Gasteiger partial charge is 0.270 e. The average molecular weight is 252 g/mol. The molecule has 1 aromatic heterocycles. The van der Waals surface area contributed by atoms with E-state index in [-0.39, 0.29) is 18.6 Å². The lowest BCUT2D eigenvalue weighted by atomic mass is 10.2. The zero-order chi connectivity index (χ0) is 13.0. The Balaban J connectivity index is 2.10. The molecule has 1 aromatic rings. The zero-order valence-electron chi connectivity index (χ0n) is 10.7. The summed E-state index contributed by atoms with van der Waals surface area (Å²) in [5.41, 5.74) is 0.674. The first kappa shape index (κ1) is 13.1. The standard InChI is InChI=1S/C13H20N2O3/c1-18-9-8-14-6-3-5-12(14)13(17)15-7-2-4-11(15)10-16/h3,5-6,11,16H,2,4,7-10H2,1H3. The Labute approximate surface area is 107 Å². The minimum atomic E-state index is -0.0247. The van der Waals surface area contributed by atoms with Gasteiger partial charge in [0.2, 0.25) is 0 Å². The molecule has 2 heterocycles. The molecule has 0 spiro atoms. The van der Waals surface area contributed by atoms with Crippen molar-refractivity contribution in [2.24, 2.45) is 0 Å². The highest BCUT2D eigenvalue weighted by molar-refractivity contribution is 5.93. The Kier molecular flexibility index (Phi) is 4.38. The second kappa shape index (κ2) is 6.02. The van der Waals surface area contributed by atoms with E-state index in [0.717, 1.165) is 19.4 Å². The number of hydrogen-bond donors (Lipinski definition) is 1. The number of ether oxygens (including phenoxy) is 1. The third kappa shape index (κ3) is 2.57. The van der Waals surface area contributed by atoms with Crippen molar-refractivity contribution in [1.82, 2.24) is 9.47 Å². The van der Waals surface area contributed by atoms with Crippen LogP contribution in [0.4, 0.5) is 0 Å². The van der Waals surface area contributed by atoms with Crippen LogP contribution >= 0.6 is 0 Å². The molecular formula is C13H20N2O3. The summed E-state index contributed by atoms with van der Waals surface area (Å²) in [5.74, 6) is 0.00709. The molecule has 1 unspecified atom stereocenters. The normalized spacial score (nSPS) is 19.4. The monoisotopic (exact) mass is 252 g/mol. The van der Waals surface area contributed by atoms with Crippen LogP contribution < -0.4 is 0 Å². The Bertz CT molecular complexity index is 403. The largest absolute Gasteiger partial charge is 0.394 e. The predicted octanol–water partition coefficient (Wildman–Crippen LogP) is 0.731. The Morgan fingerprint density at radius 2 is 2.44 bits per heavy atom. The Hall–Kier alpha value is -1.33. The van der Waals surface area contributed by atoms with Crippen LogP contribution in [0.25, 0.3) is 0 Å². The van der Waals surface area contributed by atoms with E-state index in [2.05, 4.69) is 0 Å². The maximum absolute atomic E-state index is 12.4. The summed E-state index contributed by atoms with van der Waals surface area (Å²) in [6.45, 7) is 2.03. The van der Waals surface area contributed by atoms with Crippen molar-refractivity contribution < 1.29 is 14.6 Å². The SMILES string of the molecule is COCCn1cccc1C(=O)N1CCCC1CO. The van der Waals surface area contributed by atoms with Crippen molar-refractivity contribution in [3.05, 3.63) is 24.0 Å². The lowest BCUT2D eigenvalue weighted by Crippen LogP contribution is -2.38. The van der Waals surface area contributed by atoms with Crippen molar-refractivity contribution in [3.8, 4) is 0 Å². The van der Waals surface area contributed by atoms with E-state index in [1.165, 1.54) is 0 Å². The van der Waals surface area contributed by atoms with Gasteiger partial charge in [-0.2, -0.15) is 0 Å². The van der Waals surface area contributed by atoms with Gasteiger partial charge in [-0.1, -0.05) is 0 Å². The van der Waals surface area contributed by atoms with Crippen molar-refractivity contribution in [3.63, 3.8) is 0 Å². The minimum Gasteiger partial charge on any atom is -0.394 e. The molecule has 2 rings (SSSR count). The number of carbonyl (C=O) groups is 1. The first-order chi connectivity index (χ1) is 8.77. The maximum Gasteiger partial charge on any atom is 0.270 e. The van der Waals surface area contributed by atoms with Crippen LogP contribution in [0, 0.1) is 0 Å². The number of likely N-dealkylation sites (tertiary alicyclic amines) is 1. The highest BCUT2D eigenvalue weighted by Gasteiger charge is 2.29. The number of hydrogen-bond acceptors (Lipinski definition) is 3. The van der Waals surface area contributed by atoms with E-state index in [9.17, 15) is 9.90 Å². The van der Waals surface area contributed by atoms with E-state index in [1.54, 1.807) is 12.0 Å². The van der Waals surface area contributed by atoms with E-state index in [0.29, 0.717) is 18.8 Å². The lowest BCUT2D eigenvalue weighted by molar-refractivity contribution is 0.0664. The second-order valence-corrected chi connectivity index (χ2v) is 4.56. The van der Waals surface area contributed by atoms with Gasteiger partial charge in [-0.15, -0.1) is 0 Å². The van der Waals surface area contributed by atoms with Crippen molar-refractivity contribution in [1.29, 1.82) is 0 Å². The van der Waals surface area contributed by atoms with Gasteiger partial charge in [-0.05, 0) is 25.0 Å². The molecule has 1 aliphatic heterocycles. The molecule has 1 aliphatic rings. The topological polar surface area (TPSA) is 54.7 Å². The van der Waals surface area contributed by atoms with Crippen molar-refractivity contribution >= 4 is 5.91 Å². The van der Waals surface area contributed by atoms with Crippen LogP contribution in [0.3, 0.4) is 0 Å². The van der Waals surface area contributed by atoms with Crippen molar-refractivity contribution in [2.45, 2.75) is 25.4 Å². The van der Waals surface area contributed by atoms with E-state index in [1.807, 2.05) is 22.9 Å². The average Bonchev–Trinajstić information content (AvgIpc) is 3.03. The molecule has 0 aliphatic carbocycles. The number of methoxy groups -OCH3 is 1. The third-order valence-electron chi connectivity index (χ3n) is 3.43. The number of rotatable bonds is 5. The van der Waals surface area contributed by atoms with Gasteiger partial charge in [0.1, 0.15) is 5.69 Å². The molecule has 1 atom stereocenters. The number of aliphatic hydroxyl groups excluding tert-OH is 1. The van der Waals surface area contributed by atoms with Crippen LogP contribution in [0.1, 0.15) is 23.3 Å². The molecule has 0 aromatic carbocycles. The number of aliphatic hydroxyl groups is 1. The van der Waals surface area contributed by atoms with E-state index in [4.69, 9.17) is 4.74 Å². The first-order valence-electron chi connectivity index (χ1n) is 6.34. The quantitative estimate of drug-likeness (QED) is 0.840. The fraction of sp³-hybridized carbons (Fsp3) is 0.615. The van der Waals surface area contributed by atoms with Gasteiger partial charge in [0, 0.05) is 26.4 Å². The molecule has 1 N–H and O–H groups in total. The molecule has 0 radical (unpaired) electrons. The highest BCUT2D eigenvalue weighted by Crippen LogP contribution is 2.20. The highest BCUT2D eigenvalue weighted by atomic mass is 16.5. The Morgan fingerprint density at radius 3 is 3.17 bits per heavy atom. The van der Waals surface area contributed by atoms with E-state index < -0.39 is 0 Å². The van der Waals surface area contributed by atoms with Gasteiger partial charge < -0.3 is 19.3 Å². The predicted molar refractivity (Wildman–Crippen MR) is 67.5 cm³/mol. The van der Waals surface area contributed by atoms with Gasteiger partial charge in [0.25, 0.3) is 5.91 Å². The summed E-state index contributed by atoms with van der Waals surface area (Å²) in [4.78, 5) is 14.2. The van der Waals surface area contributed by atoms with Crippen LogP contribution in [0.5, 0.6) is 0 Å². The summed E-state index contributed by atoms with van der Waals surface area (Å²) < 4.78 is 6.93. The van der Waals surface area contributed by atoms with Crippen LogP contribution in [-0.4, -0.2) is 53.4 Å². The molecule has 0 bridgehead atoms. The number of nitrogens with zero attached hydrogens (tertiary/aromatic N) is 2. The van der Waals surface area contributed by atoms with Crippen LogP contribution in [0.2, 0.25) is 0 Å². The van der Waals surface area contributed by atoms with Gasteiger partial charge in [-0.25, -0.2) is 0 Å².